The van der Waals surface area contributed by atoms with E-state index in [1.807, 2.05) is 19.1 Å². The van der Waals surface area contributed by atoms with Gasteiger partial charge in [0.25, 0.3) is 0 Å². The number of halogens is 1. The van der Waals surface area contributed by atoms with Crippen LogP contribution in [0.2, 0.25) is 0 Å². The van der Waals surface area contributed by atoms with Crippen LogP contribution in [0.15, 0.2) is 34.9 Å². The summed E-state index contributed by atoms with van der Waals surface area (Å²) in [4.78, 5) is 26.9. The van der Waals surface area contributed by atoms with Gasteiger partial charge in [-0.25, -0.2) is 4.79 Å². The molecular weight excluding hydrogens is 460 g/mol. The minimum absolute atomic E-state index is 0.0454. The Bertz CT molecular complexity index is 930. The predicted molar refractivity (Wildman–Crippen MR) is 121 cm³/mol. The van der Waals surface area contributed by atoms with Crippen LogP contribution < -0.4 is 0 Å². The molecule has 0 aromatic rings. The lowest BCUT2D eigenvalue weighted by Crippen LogP contribution is -2.65. The predicted octanol–water partition coefficient (Wildman–Crippen LogP) is 3.73. The number of aliphatic hydroxyl groups is 2. The zero-order chi connectivity index (χ0) is 23.1. The van der Waals surface area contributed by atoms with Gasteiger partial charge in [0.05, 0.1) is 5.41 Å². The van der Waals surface area contributed by atoms with E-state index < -0.39 is 29.2 Å². The first-order chi connectivity index (χ1) is 14.4. The van der Waals surface area contributed by atoms with Crippen molar-refractivity contribution in [3.63, 3.8) is 0 Å². The Morgan fingerprint density at radius 1 is 1.39 bits per heavy atom. The van der Waals surface area contributed by atoms with Crippen LogP contribution >= 0.6 is 15.9 Å². The van der Waals surface area contributed by atoms with E-state index in [-0.39, 0.29) is 29.0 Å². The summed E-state index contributed by atoms with van der Waals surface area (Å²) in [5, 5.41) is 24.2. The summed E-state index contributed by atoms with van der Waals surface area (Å²) in [6.07, 6.45) is 3.68. The monoisotopic (exact) mass is 492 g/mol. The van der Waals surface area contributed by atoms with Crippen LogP contribution in [0.25, 0.3) is 0 Å². The first kappa shape index (κ1) is 22.9. The molecule has 0 heterocycles. The van der Waals surface area contributed by atoms with Gasteiger partial charge in [0.1, 0.15) is 6.10 Å². The van der Waals surface area contributed by atoms with Crippen molar-refractivity contribution in [1.82, 2.24) is 0 Å². The smallest absolute Gasteiger partial charge is 0.334 e. The van der Waals surface area contributed by atoms with E-state index in [4.69, 9.17) is 4.74 Å². The molecule has 0 aromatic carbocycles. The van der Waals surface area contributed by atoms with Gasteiger partial charge in [-0.1, -0.05) is 54.9 Å². The van der Waals surface area contributed by atoms with Gasteiger partial charge in [-0.05, 0) is 61.5 Å². The molecule has 0 aliphatic heterocycles. The highest BCUT2D eigenvalue weighted by atomic mass is 79.9. The second kappa shape index (κ2) is 7.13. The number of alkyl halides is 1. The van der Waals surface area contributed by atoms with E-state index in [9.17, 15) is 19.8 Å². The van der Waals surface area contributed by atoms with Gasteiger partial charge in [0.15, 0.2) is 17.5 Å². The normalized spacial score (nSPS) is 45.6. The van der Waals surface area contributed by atoms with Crippen molar-refractivity contribution < 1.29 is 24.5 Å². The maximum atomic E-state index is 14.2. The molecule has 0 saturated heterocycles. The van der Waals surface area contributed by atoms with Gasteiger partial charge >= 0.3 is 5.97 Å². The Morgan fingerprint density at radius 2 is 2.03 bits per heavy atom. The van der Waals surface area contributed by atoms with E-state index in [0.717, 1.165) is 6.42 Å². The molecule has 31 heavy (non-hydrogen) atoms. The lowest BCUT2D eigenvalue weighted by molar-refractivity contribution is -0.200. The number of ether oxygens (including phenoxy) is 1. The Balaban J connectivity index is 1.91. The van der Waals surface area contributed by atoms with Crippen LogP contribution in [-0.2, 0) is 14.3 Å². The topological polar surface area (TPSA) is 83.8 Å². The minimum atomic E-state index is -1.95. The first-order valence-electron chi connectivity index (χ1n) is 11.1. The summed E-state index contributed by atoms with van der Waals surface area (Å²) in [6, 6.07) is 0. The highest BCUT2D eigenvalue weighted by Gasteiger charge is 2.76. The molecule has 6 heteroatoms. The van der Waals surface area contributed by atoms with E-state index in [2.05, 4.69) is 29.8 Å². The van der Waals surface area contributed by atoms with E-state index in [1.165, 1.54) is 0 Å². The number of carbonyl (C=O) groups is 2. The molecule has 0 aromatic heterocycles. The van der Waals surface area contributed by atoms with Gasteiger partial charge in [0, 0.05) is 16.8 Å². The van der Waals surface area contributed by atoms with E-state index >= 15 is 0 Å². The van der Waals surface area contributed by atoms with Crippen LogP contribution in [0, 0.1) is 34.5 Å². The van der Waals surface area contributed by atoms with E-state index in [1.54, 1.807) is 26.8 Å². The van der Waals surface area contributed by atoms with Crippen LogP contribution in [0.5, 0.6) is 0 Å². The second-order valence-electron chi connectivity index (χ2n) is 10.6. The third-order valence-corrected chi connectivity index (χ3v) is 9.50. The zero-order valence-corrected chi connectivity index (χ0v) is 20.7. The number of rotatable bonds is 3. The Labute approximate surface area is 192 Å². The number of aliphatic hydroxyl groups excluding tert-OH is 1. The molecule has 4 aliphatic rings. The Kier molecular flexibility index (Phi) is 5.27. The number of fused-ring (bicyclic) bond motifs is 3. The van der Waals surface area contributed by atoms with Crippen molar-refractivity contribution in [3.05, 3.63) is 34.9 Å². The van der Waals surface area contributed by atoms with Crippen molar-refractivity contribution in [2.45, 2.75) is 65.8 Å². The minimum Gasteiger partial charge on any atom is -0.451 e. The number of Topliss-reactive ketones (excluding diaryl/α,β-unsaturated/α-hetero) is 1. The van der Waals surface area contributed by atoms with Gasteiger partial charge in [0.2, 0.25) is 0 Å². The summed E-state index contributed by atoms with van der Waals surface area (Å²) in [7, 11) is 0. The summed E-state index contributed by atoms with van der Waals surface area (Å²) in [5.74, 6) is -0.632. The van der Waals surface area contributed by atoms with Crippen molar-refractivity contribution in [1.29, 1.82) is 0 Å². The quantitative estimate of drug-likeness (QED) is 0.271. The summed E-state index contributed by atoms with van der Waals surface area (Å²) >= 11 is 3.45. The van der Waals surface area contributed by atoms with Gasteiger partial charge in [-0.15, -0.1) is 0 Å². The SMILES string of the molecule is C/C=C(/C)C(=O)O[C@H]1C(C)=C[C@]23C(=O)[C@@H](C=C(CBr)[C@@H](O)[C@]12O)[C@H]1[C@@H](C[C@H]3C)C1(C)C. The fourth-order valence-electron chi connectivity index (χ4n) is 6.89. The molecule has 4 rings (SSSR count). The molecule has 0 unspecified atom stereocenters. The van der Waals surface area contributed by atoms with Crippen molar-refractivity contribution in [2.24, 2.45) is 34.5 Å². The molecule has 170 valence electrons. The molecule has 4 aliphatic carbocycles. The van der Waals surface area contributed by atoms with Gasteiger partial charge in [-0.3, -0.25) is 4.79 Å². The standard InChI is InChI=1S/C25H33BrO5/c1-7-12(2)22(29)31-21-13(3)10-24-14(4)8-17-18(23(17,5)6)16(20(24)28)9-15(11-26)19(27)25(21,24)30/h7,9-10,14,16-19,21,27,30H,8,11H2,1-6H3/b12-7-/t14-,16+,17-,18+,19-,21+,24+,25+/m1/s1. The maximum Gasteiger partial charge on any atom is 0.334 e. The van der Waals surface area contributed by atoms with Crippen LogP contribution in [0.3, 0.4) is 0 Å². The molecule has 2 N–H and O–H groups in total. The number of carbonyl (C=O) groups excluding carboxylic acids is 2. The van der Waals surface area contributed by atoms with Crippen molar-refractivity contribution in [3.8, 4) is 0 Å². The fourth-order valence-corrected chi connectivity index (χ4v) is 7.38. The van der Waals surface area contributed by atoms with Gasteiger partial charge < -0.3 is 14.9 Å². The summed E-state index contributed by atoms with van der Waals surface area (Å²) in [6.45, 7) is 11.6. The molecule has 0 radical (unpaired) electrons. The lowest BCUT2D eigenvalue weighted by Gasteiger charge is -2.48. The van der Waals surface area contributed by atoms with Crippen LogP contribution in [0.1, 0.15) is 48.0 Å². The van der Waals surface area contributed by atoms with Gasteiger partial charge in [-0.2, -0.15) is 0 Å². The van der Waals surface area contributed by atoms with Crippen LogP contribution in [0.4, 0.5) is 0 Å². The third kappa shape index (κ3) is 2.74. The number of hydrogen-bond donors (Lipinski definition) is 2. The number of esters is 1. The zero-order valence-electron chi connectivity index (χ0n) is 19.1. The molecule has 2 bridgehead atoms. The van der Waals surface area contributed by atoms with Crippen LogP contribution in [-0.4, -0.2) is 45.1 Å². The lowest BCUT2D eigenvalue weighted by atomic mass is 9.59. The highest BCUT2D eigenvalue weighted by Crippen LogP contribution is 2.71. The van der Waals surface area contributed by atoms with Crippen molar-refractivity contribution in [2.75, 3.05) is 5.33 Å². The number of ketones is 1. The average molecular weight is 493 g/mol. The summed E-state index contributed by atoms with van der Waals surface area (Å²) < 4.78 is 5.79. The maximum absolute atomic E-state index is 14.2. The first-order valence-corrected chi connectivity index (χ1v) is 12.3. The highest BCUT2D eigenvalue weighted by molar-refractivity contribution is 9.09. The largest absolute Gasteiger partial charge is 0.451 e. The number of allylic oxidation sites excluding steroid dienone is 2. The molecule has 2 fully saturated rings. The molecule has 2 saturated carbocycles. The molecule has 5 nitrogen and oxygen atoms in total. The summed E-state index contributed by atoms with van der Waals surface area (Å²) in [5.41, 5.74) is -1.61. The molecule has 0 amide bonds. The molecular formula is C25H33BrO5. The number of hydrogen-bond acceptors (Lipinski definition) is 5. The Morgan fingerprint density at radius 3 is 2.61 bits per heavy atom. The average Bonchev–Trinajstić information content (AvgIpc) is 3.21. The molecule has 1 spiro atoms. The van der Waals surface area contributed by atoms with E-state index in [0.29, 0.717) is 28.0 Å². The van der Waals surface area contributed by atoms with Crippen molar-refractivity contribution >= 4 is 27.7 Å². The fraction of sp³-hybridized carbons (Fsp3) is 0.680. The molecule has 8 atom stereocenters. The Hall–Kier alpha value is -1.24. The third-order valence-electron chi connectivity index (χ3n) is 8.85. The second-order valence-corrected chi connectivity index (χ2v) is 11.2.